The summed E-state index contributed by atoms with van der Waals surface area (Å²) in [6.45, 7) is 4.34. The van der Waals surface area contributed by atoms with Crippen molar-refractivity contribution in [2.24, 2.45) is 5.73 Å². The van der Waals surface area contributed by atoms with Gasteiger partial charge in [0.25, 0.3) is 0 Å². The Bertz CT molecular complexity index is 345. The van der Waals surface area contributed by atoms with Crippen molar-refractivity contribution >= 4 is 0 Å². The zero-order chi connectivity index (χ0) is 15.3. The van der Waals surface area contributed by atoms with Crippen molar-refractivity contribution in [3.63, 3.8) is 0 Å². The molecule has 0 saturated carbocycles. The number of nitrogens with two attached hydrogens (primary N) is 1. The van der Waals surface area contributed by atoms with E-state index in [4.69, 9.17) is 5.73 Å². The summed E-state index contributed by atoms with van der Waals surface area (Å²) in [5.41, 5.74) is 8.54. The molecule has 1 rings (SSSR count). The number of unbranched alkanes of at least 4 members (excludes halogenated alkanes) is 8. The van der Waals surface area contributed by atoms with E-state index in [9.17, 15) is 0 Å². The molecule has 1 aromatic heterocycles. The number of nitrogens with zero attached hydrogens (tertiary/aromatic N) is 1. The van der Waals surface area contributed by atoms with E-state index in [0.29, 0.717) is 0 Å². The quantitative estimate of drug-likeness (QED) is 0.539. The van der Waals surface area contributed by atoms with Gasteiger partial charge in [0, 0.05) is 24.4 Å². The normalized spacial score (nSPS) is 12.5. The maximum atomic E-state index is 6.20. The van der Waals surface area contributed by atoms with Crippen LogP contribution in [-0.2, 0) is 6.42 Å². The molecular weight excluding hydrogens is 256 g/mol. The topological polar surface area (TPSA) is 38.9 Å². The molecule has 0 aliphatic rings. The van der Waals surface area contributed by atoms with Gasteiger partial charge in [0.2, 0.25) is 0 Å². The van der Waals surface area contributed by atoms with Crippen molar-refractivity contribution in [2.75, 3.05) is 0 Å². The monoisotopic (exact) mass is 290 g/mol. The molecule has 1 heterocycles. The van der Waals surface area contributed by atoms with Crippen LogP contribution in [0.2, 0.25) is 0 Å². The van der Waals surface area contributed by atoms with Crippen LogP contribution in [0, 0.1) is 6.92 Å². The first kappa shape index (κ1) is 18.2. The van der Waals surface area contributed by atoms with Gasteiger partial charge in [0.05, 0.1) is 0 Å². The van der Waals surface area contributed by atoms with Crippen LogP contribution in [0.1, 0.15) is 82.4 Å². The number of aryl methyl sites for hydroxylation is 1. The molecular formula is C19H34N2. The van der Waals surface area contributed by atoms with E-state index in [2.05, 4.69) is 31.0 Å². The second-order valence-corrected chi connectivity index (χ2v) is 6.41. The molecule has 0 bridgehead atoms. The van der Waals surface area contributed by atoms with Crippen LogP contribution in [0.5, 0.6) is 0 Å². The molecule has 0 fully saturated rings. The van der Waals surface area contributed by atoms with Crippen molar-refractivity contribution in [2.45, 2.75) is 90.5 Å². The third-order valence-corrected chi connectivity index (χ3v) is 4.12. The van der Waals surface area contributed by atoms with Crippen molar-refractivity contribution in [3.05, 3.63) is 29.6 Å². The Hall–Kier alpha value is -0.890. The van der Waals surface area contributed by atoms with Crippen molar-refractivity contribution in [1.29, 1.82) is 0 Å². The zero-order valence-electron chi connectivity index (χ0n) is 14.1. The van der Waals surface area contributed by atoms with E-state index < -0.39 is 0 Å². The lowest BCUT2D eigenvalue weighted by atomic mass is 10.0. The van der Waals surface area contributed by atoms with Crippen LogP contribution in [-0.4, -0.2) is 11.0 Å². The standard InChI is InChI=1S/C19H34N2/c1-3-4-5-6-7-8-9-10-11-12-18(20)15-19-14-13-17(2)16-21-19/h13-14,16,18H,3-12,15,20H2,1-2H3. The molecule has 0 aromatic carbocycles. The lowest BCUT2D eigenvalue weighted by Crippen LogP contribution is -2.23. The van der Waals surface area contributed by atoms with E-state index in [1.165, 1.54) is 63.4 Å². The molecule has 1 unspecified atom stereocenters. The Kier molecular flexibility index (Phi) is 10.1. The molecule has 0 radical (unpaired) electrons. The van der Waals surface area contributed by atoms with Crippen LogP contribution in [0.25, 0.3) is 0 Å². The Morgan fingerprint density at radius 3 is 2.14 bits per heavy atom. The molecule has 0 saturated heterocycles. The van der Waals surface area contributed by atoms with Gasteiger partial charge in [-0.15, -0.1) is 0 Å². The van der Waals surface area contributed by atoms with Gasteiger partial charge >= 0.3 is 0 Å². The first-order chi connectivity index (χ1) is 10.2. The molecule has 0 spiro atoms. The number of hydrogen-bond acceptors (Lipinski definition) is 2. The van der Waals surface area contributed by atoms with Crippen LogP contribution in [0.15, 0.2) is 18.3 Å². The number of aromatic nitrogens is 1. The molecule has 2 heteroatoms. The van der Waals surface area contributed by atoms with E-state index >= 15 is 0 Å². The second-order valence-electron chi connectivity index (χ2n) is 6.41. The summed E-state index contributed by atoms with van der Waals surface area (Å²) >= 11 is 0. The Morgan fingerprint density at radius 2 is 1.57 bits per heavy atom. The highest BCUT2D eigenvalue weighted by Gasteiger charge is 2.04. The van der Waals surface area contributed by atoms with Crippen molar-refractivity contribution in [3.8, 4) is 0 Å². The number of hydrogen-bond donors (Lipinski definition) is 1. The summed E-state index contributed by atoms with van der Waals surface area (Å²) in [6, 6.07) is 4.49. The second kappa shape index (κ2) is 11.7. The summed E-state index contributed by atoms with van der Waals surface area (Å²) in [5.74, 6) is 0. The number of rotatable bonds is 12. The van der Waals surface area contributed by atoms with Gasteiger partial charge in [0.1, 0.15) is 0 Å². The molecule has 1 atom stereocenters. The van der Waals surface area contributed by atoms with Crippen molar-refractivity contribution < 1.29 is 0 Å². The summed E-state index contributed by atoms with van der Waals surface area (Å²) in [7, 11) is 0. The van der Waals surface area contributed by atoms with Crippen LogP contribution >= 0.6 is 0 Å². The molecule has 1 aromatic rings. The maximum absolute atomic E-state index is 6.20. The fourth-order valence-corrected chi connectivity index (χ4v) is 2.71. The van der Waals surface area contributed by atoms with Gasteiger partial charge in [-0.2, -0.15) is 0 Å². The van der Waals surface area contributed by atoms with E-state index in [-0.39, 0.29) is 6.04 Å². The van der Waals surface area contributed by atoms with Gasteiger partial charge in [-0.05, 0) is 25.0 Å². The molecule has 0 aliphatic heterocycles. The highest BCUT2D eigenvalue weighted by Crippen LogP contribution is 2.12. The molecule has 21 heavy (non-hydrogen) atoms. The van der Waals surface area contributed by atoms with Crippen LogP contribution in [0.3, 0.4) is 0 Å². The minimum Gasteiger partial charge on any atom is -0.327 e. The lowest BCUT2D eigenvalue weighted by molar-refractivity contribution is 0.520. The van der Waals surface area contributed by atoms with Crippen LogP contribution in [0.4, 0.5) is 0 Å². The summed E-state index contributed by atoms with van der Waals surface area (Å²) in [5, 5.41) is 0. The Morgan fingerprint density at radius 1 is 0.952 bits per heavy atom. The van der Waals surface area contributed by atoms with Gasteiger partial charge < -0.3 is 5.73 Å². The van der Waals surface area contributed by atoms with Gasteiger partial charge in [-0.1, -0.05) is 70.8 Å². The molecule has 0 aliphatic carbocycles. The molecule has 2 N–H and O–H groups in total. The van der Waals surface area contributed by atoms with Gasteiger partial charge in [0.15, 0.2) is 0 Å². The zero-order valence-corrected chi connectivity index (χ0v) is 14.1. The van der Waals surface area contributed by atoms with E-state index in [1.807, 2.05) is 6.20 Å². The van der Waals surface area contributed by atoms with Crippen molar-refractivity contribution in [1.82, 2.24) is 4.98 Å². The average molecular weight is 290 g/mol. The number of pyridine rings is 1. The fourth-order valence-electron chi connectivity index (χ4n) is 2.71. The lowest BCUT2D eigenvalue weighted by Gasteiger charge is -2.11. The fraction of sp³-hybridized carbons (Fsp3) is 0.737. The highest BCUT2D eigenvalue weighted by atomic mass is 14.7. The predicted molar refractivity (Wildman–Crippen MR) is 92.5 cm³/mol. The first-order valence-electron chi connectivity index (χ1n) is 8.89. The van der Waals surface area contributed by atoms with Crippen LogP contribution < -0.4 is 5.73 Å². The SMILES string of the molecule is CCCCCCCCCCCC(N)Cc1ccc(C)cn1. The maximum Gasteiger partial charge on any atom is 0.0419 e. The average Bonchev–Trinajstić information content (AvgIpc) is 2.48. The third kappa shape index (κ3) is 9.62. The third-order valence-electron chi connectivity index (χ3n) is 4.12. The summed E-state index contributed by atoms with van der Waals surface area (Å²) in [6.07, 6.45) is 16.4. The smallest absolute Gasteiger partial charge is 0.0419 e. The van der Waals surface area contributed by atoms with E-state index in [0.717, 1.165) is 18.5 Å². The van der Waals surface area contributed by atoms with Gasteiger partial charge in [-0.3, -0.25) is 4.98 Å². The molecule has 0 amide bonds. The molecule has 120 valence electrons. The summed E-state index contributed by atoms with van der Waals surface area (Å²) < 4.78 is 0. The predicted octanol–water partition coefficient (Wildman–Crippen LogP) is 5.18. The van der Waals surface area contributed by atoms with Gasteiger partial charge in [-0.25, -0.2) is 0 Å². The molecule has 2 nitrogen and oxygen atoms in total. The first-order valence-corrected chi connectivity index (χ1v) is 8.89. The Labute approximate surface area is 131 Å². The van der Waals surface area contributed by atoms with E-state index in [1.54, 1.807) is 0 Å². The Balaban J connectivity index is 1.96. The minimum absolute atomic E-state index is 0.268. The largest absolute Gasteiger partial charge is 0.327 e. The summed E-state index contributed by atoms with van der Waals surface area (Å²) in [4.78, 5) is 4.43. The highest BCUT2D eigenvalue weighted by molar-refractivity contribution is 5.12. The minimum atomic E-state index is 0.268.